The van der Waals surface area contributed by atoms with Gasteiger partial charge < -0.3 is 0 Å². The topological polar surface area (TPSA) is 0 Å². The minimum absolute atomic E-state index is 0.818. The summed E-state index contributed by atoms with van der Waals surface area (Å²) in [6.45, 7) is 2.32. The highest BCUT2D eigenvalue weighted by Gasteiger charge is 2.11. The Morgan fingerprint density at radius 1 is 1.21 bits per heavy atom. The summed E-state index contributed by atoms with van der Waals surface area (Å²) in [4.78, 5) is 0. The van der Waals surface area contributed by atoms with Crippen LogP contribution in [-0.4, -0.2) is 0 Å². The summed E-state index contributed by atoms with van der Waals surface area (Å²) in [7, 11) is 0. The van der Waals surface area contributed by atoms with Crippen molar-refractivity contribution in [3.05, 3.63) is 40.9 Å². The first kappa shape index (κ1) is 9.79. The molecule has 0 N–H and O–H groups in total. The van der Waals surface area contributed by atoms with E-state index in [9.17, 15) is 0 Å². The molecule has 0 aromatic heterocycles. The Morgan fingerprint density at radius 2 is 1.93 bits per heavy atom. The SMILES string of the molecule is C[C@@H]1CCC=C(c2ccc(Cl)cc2)C1. The lowest BCUT2D eigenvalue weighted by Crippen LogP contribution is -2.01. The maximum absolute atomic E-state index is 5.86. The maximum atomic E-state index is 5.86. The molecule has 0 spiro atoms. The van der Waals surface area contributed by atoms with Crippen molar-refractivity contribution in [2.75, 3.05) is 0 Å². The molecule has 74 valence electrons. The van der Waals surface area contributed by atoms with E-state index in [1.54, 1.807) is 0 Å². The Kier molecular flexibility index (Phi) is 2.93. The number of allylic oxidation sites excluding steroid dienone is 2. The van der Waals surface area contributed by atoms with Gasteiger partial charge in [0, 0.05) is 5.02 Å². The Bertz CT molecular complexity index is 335. The van der Waals surface area contributed by atoms with Crippen LogP contribution in [0.15, 0.2) is 30.3 Å². The van der Waals surface area contributed by atoms with E-state index < -0.39 is 0 Å². The van der Waals surface area contributed by atoms with Crippen LogP contribution in [0.1, 0.15) is 31.7 Å². The molecule has 0 amide bonds. The first-order valence-corrected chi connectivity index (χ1v) is 5.58. The molecular weight excluding hydrogens is 192 g/mol. The van der Waals surface area contributed by atoms with E-state index in [1.807, 2.05) is 12.1 Å². The first-order valence-electron chi connectivity index (χ1n) is 5.20. The Labute approximate surface area is 90.6 Å². The lowest BCUT2D eigenvalue weighted by atomic mass is 9.87. The summed E-state index contributed by atoms with van der Waals surface area (Å²) in [5.41, 5.74) is 2.82. The predicted molar refractivity (Wildman–Crippen MR) is 62.4 cm³/mol. The van der Waals surface area contributed by atoms with Crippen molar-refractivity contribution in [3.63, 3.8) is 0 Å². The third-order valence-electron chi connectivity index (χ3n) is 2.83. The van der Waals surface area contributed by atoms with E-state index in [-0.39, 0.29) is 0 Å². The molecule has 0 nitrogen and oxygen atoms in total. The molecule has 0 bridgehead atoms. The van der Waals surface area contributed by atoms with Gasteiger partial charge in [0.25, 0.3) is 0 Å². The number of halogens is 1. The summed E-state index contributed by atoms with van der Waals surface area (Å²) in [5.74, 6) is 0.825. The molecule has 14 heavy (non-hydrogen) atoms. The minimum Gasteiger partial charge on any atom is -0.0843 e. The largest absolute Gasteiger partial charge is 0.0843 e. The van der Waals surface area contributed by atoms with E-state index in [4.69, 9.17) is 11.6 Å². The van der Waals surface area contributed by atoms with Crippen LogP contribution in [0.25, 0.3) is 5.57 Å². The summed E-state index contributed by atoms with van der Waals surface area (Å²) < 4.78 is 0. The van der Waals surface area contributed by atoms with Gasteiger partial charge in [-0.2, -0.15) is 0 Å². The molecule has 1 atom stereocenters. The van der Waals surface area contributed by atoms with E-state index >= 15 is 0 Å². The molecule has 1 aromatic carbocycles. The summed E-state index contributed by atoms with van der Waals surface area (Å²) in [5, 5.41) is 0.818. The Balaban J connectivity index is 2.22. The maximum Gasteiger partial charge on any atom is 0.0406 e. The molecule has 0 radical (unpaired) electrons. The average Bonchev–Trinajstić information content (AvgIpc) is 2.19. The molecule has 0 fully saturated rings. The molecule has 0 heterocycles. The fourth-order valence-electron chi connectivity index (χ4n) is 2.00. The molecular formula is C13H15Cl. The molecule has 2 rings (SSSR count). The summed E-state index contributed by atoms with van der Waals surface area (Å²) in [6, 6.07) is 8.17. The van der Waals surface area contributed by atoms with E-state index in [1.165, 1.54) is 30.4 Å². The molecule has 0 aliphatic heterocycles. The molecule has 1 aromatic rings. The van der Waals surface area contributed by atoms with Gasteiger partial charge in [-0.15, -0.1) is 0 Å². The van der Waals surface area contributed by atoms with Crippen LogP contribution in [0.4, 0.5) is 0 Å². The van der Waals surface area contributed by atoms with Crippen molar-refractivity contribution in [3.8, 4) is 0 Å². The normalized spacial score (nSPS) is 21.9. The zero-order chi connectivity index (χ0) is 9.97. The van der Waals surface area contributed by atoms with E-state index in [0.29, 0.717) is 0 Å². The first-order chi connectivity index (χ1) is 6.75. The quantitative estimate of drug-likeness (QED) is 0.633. The van der Waals surface area contributed by atoms with Crippen molar-refractivity contribution in [2.24, 2.45) is 5.92 Å². The van der Waals surface area contributed by atoms with Gasteiger partial charge in [-0.3, -0.25) is 0 Å². The third kappa shape index (κ3) is 2.19. The van der Waals surface area contributed by atoms with Crippen molar-refractivity contribution < 1.29 is 0 Å². The van der Waals surface area contributed by atoms with Crippen molar-refractivity contribution >= 4 is 17.2 Å². The molecule has 1 aliphatic rings. The van der Waals surface area contributed by atoms with Crippen LogP contribution in [0.5, 0.6) is 0 Å². The predicted octanol–water partition coefficient (Wildman–Crippen LogP) is 4.54. The van der Waals surface area contributed by atoms with Crippen LogP contribution >= 0.6 is 11.6 Å². The van der Waals surface area contributed by atoms with Gasteiger partial charge in [0.15, 0.2) is 0 Å². The zero-order valence-corrected chi connectivity index (χ0v) is 9.22. The fraction of sp³-hybridized carbons (Fsp3) is 0.385. The Morgan fingerprint density at radius 3 is 2.57 bits per heavy atom. The number of hydrogen-bond donors (Lipinski definition) is 0. The van der Waals surface area contributed by atoms with Crippen LogP contribution in [0, 0.1) is 5.92 Å². The van der Waals surface area contributed by atoms with Gasteiger partial charge in [0.2, 0.25) is 0 Å². The second-order valence-corrected chi connectivity index (χ2v) is 4.56. The lowest BCUT2D eigenvalue weighted by Gasteiger charge is -2.19. The van der Waals surface area contributed by atoms with Crippen molar-refractivity contribution in [2.45, 2.75) is 26.2 Å². The van der Waals surface area contributed by atoms with Gasteiger partial charge in [0.1, 0.15) is 0 Å². The van der Waals surface area contributed by atoms with Crippen LogP contribution < -0.4 is 0 Å². The van der Waals surface area contributed by atoms with E-state index in [2.05, 4.69) is 25.1 Å². The smallest absolute Gasteiger partial charge is 0.0406 e. The van der Waals surface area contributed by atoms with E-state index in [0.717, 1.165) is 10.9 Å². The molecule has 1 heteroatoms. The summed E-state index contributed by atoms with van der Waals surface area (Å²) in [6.07, 6.45) is 6.13. The highest BCUT2D eigenvalue weighted by atomic mass is 35.5. The highest BCUT2D eigenvalue weighted by molar-refractivity contribution is 6.30. The van der Waals surface area contributed by atoms with Crippen LogP contribution in [0.3, 0.4) is 0 Å². The van der Waals surface area contributed by atoms with Crippen LogP contribution in [-0.2, 0) is 0 Å². The lowest BCUT2D eigenvalue weighted by molar-refractivity contribution is 0.536. The van der Waals surface area contributed by atoms with Crippen molar-refractivity contribution in [1.29, 1.82) is 0 Å². The highest BCUT2D eigenvalue weighted by Crippen LogP contribution is 2.30. The minimum atomic E-state index is 0.818. The second kappa shape index (κ2) is 4.18. The van der Waals surface area contributed by atoms with Gasteiger partial charge >= 0.3 is 0 Å². The second-order valence-electron chi connectivity index (χ2n) is 4.12. The number of hydrogen-bond acceptors (Lipinski definition) is 0. The number of benzene rings is 1. The standard InChI is InChI=1S/C13H15Cl/c1-10-3-2-4-12(9-10)11-5-7-13(14)8-6-11/h4-8,10H,2-3,9H2,1H3/t10-/m1/s1. The van der Waals surface area contributed by atoms with Gasteiger partial charge in [-0.1, -0.05) is 36.7 Å². The summed E-state index contributed by atoms with van der Waals surface area (Å²) >= 11 is 5.86. The molecule has 0 unspecified atom stereocenters. The molecule has 1 aliphatic carbocycles. The Hall–Kier alpha value is -0.750. The van der Waals surface area contributed by atoms with Crippen molar-refractivity contribution in [1.82, 2.24) is 0 Å². The average molecular weight is 207 g/mol. The van der Waals surface area contributed by atoms with Gasteiger partial charge in [0.05, 0.1) is 0 Å². The van der Waals surface area contributed by atoms with Gasteiger partial charge in [-0.05, 0) is 48.4 Å². The van der Waals surface area contributed by atoms with Gasteiger partial charge in [-0.25, -0.2) is 0 Å². The number of rotatable bonds is 1. The van der Waals surface area contributed by atoms with Crippen LogP contribution in [0.2, 0.25) is 5.02 Å². The molecule has 0 saturated heterocycles. The third-order valence-corrected chi connectivity index (χ3v) is 3.09. The fourth-order valence-corrected chi connectivity index (χ4v) is 2.13. The monoisotopic (exact) mass is 206 g/mol. The zero-order valence-electron chi connectivity index (χ0n) is 8.46. The molecule has 0 saturated carbocycles.